The van der Waals surface area contributed by atoms with Crippen molar-refractivity contribution in [2.45, 2.75) is 19.0 Å². The highest BCUT2D eigenvalue weighted by Gasteiger charge is 2.40. The van der Waals surface area contributed by atoms with E-state index in [-0.39, 0.29) is 22.2 Å². The highest BCUT2D eigenvalue weighted by molar-refractivity contribution is 5.75. The number of hydrogen-bond acceptors (Lipinski definition) is 4. The lowest BCUT2D eigenvalue weighted by molar-refractivity contribution is -0.612. The normalized spacial score (nSPS) is 11.9. The van der Waals surface area contributed by atoms with E-state index in [0.29, 0.717) is 6.07 Å². The number of benzene rings is 1. The molecule has 11 heteroatoms. The number of carbonyl (C=O) groups excluding carboxylic acids is 1. The summed E-state index contributed by atoms with van der Waals surface area (Å²) in [6, 6.07) is 6.58. The summed E-state index contributed by atoms with van der Waals surface area (Å²) in [5.41, 5.74) is -1.06. The summed E-state index contributed by atoms with van der Waals surface area (Å²) < 4.78 is 82.7. The molecule has 0 fully saturated rings. The van der Waals surface area contributed by atoms with Crippen LogP contribution in [0.4, 0.5) is 26.3 Å². The highest BCUT2D eigenvalue weighted by Crippen LogP contribution is 2.29. The van der Waals surface area contributed by atoms with Gasteiger partial charge in [-0.1, -0.05) is 12.1 Å². The maximum absolute atomic E-state index is 12.5. The first-order valence-electron chi connectivity index (χ1n) is 6.78. The van der Waals surface area contributed by atoms with Crippen molar-refractivity contribution in [3.63, 3.8) is 0 Å². The Bertz CT molecular complexity index is 803. The number of ether oxygens (including phenoxy) is 2. The summed E-state index contributed by atoms with van der Waals surface area (Å²) in [4.78, 5) is 10.7. The minimum Gasteiger partial charge on any atom is -0.616 e. The van der Waals surface area contributed by atoms with Gasteiger partial charge < -0.3 is 14.7 Å². The van der Waals surface area contributed by atoms with Gasteiger partial charge in [-0.25, -0.2) is 4.79 Å². The summed E-state index contributed by atoms with van der Waals surface area (Å²) in [5, 5.41) is 11.6. The lowest BCUT2D eigenvalue weighted by atomic mass is 10.2. The zero-order valence-electron chi connectivity index (χ0n) is 12.6. The van der Waals surface area contributed by atoms with Crippen molar-refractivity contribution in [1.82, 2.24) is 0 Å². The lowest BCUT2D eigenvalue weighted by Crippen LogP contribution is -2.29. The number of carbonyl (C=O) groups is 1. The third-order valence-corrected chi connectivity index (χ3v) is 2.93. The van der Waals surface area contributed by atoms with Crippen molar-refractivity contribution >= 4 is 5.97 Å². The molecular formula is C15H9F6NO4. The molecule has 0 aliphatic carbocycles. The second-order valence-electron chi connectivity index (χ2n) is 4.90. The van der Waals surface area contributed by atoms with Gasteiger partial charge in [-0.3, -0.25) is 0 Å². The average molecular weight is 381 g/mol. The molecule has 0 N–H and O–H groups in total. The van der Waals surface area contributed by atoms with Crippen LogP contribution < -0.4 is 9.47 Å². The number of alkyl halides is 6. The smallest absolute Gasteiger partial charge is 0.490 e. The van der Waals surface area contributed by atoms with Gasteiger partial charge in [0.15, 0.2) is 6.20 Å². The van der Waals surface area contributed by atoms with Crippen LogP contribution in [-0.2, 0) is 22.3 Å². The van der Waals surface area contributed by atoms with Gasteiger partial charge >= 0.3 is 24.2 Å². The molecule has 0 spiro atoms. The number of pyridine rings is 1. The topological polar surface area (TPSA) is 62.5 Å². The number of nitrogens with zero attached hydrogens (tertiary/aromatic N) is 1. The second kappa shape index (κ2) is 7.10. The Kier molecular flexibility index (Phi) is 5.28. The zero-order chi connectivity index (χ0) is 19.5. The Morgan fingerprint density at radius 2 is 1.77 bits per heavy atom. The number of hydrogen-bond donors (Lipinski definition) is 0. The molecule has 1 aromatic heterocycles. The molecule has 0 aliphatic heterocycles. The van der Waals surface area contributed by atoms with Crippen molar-refractivity contribution in [3.05, 3.63) is 58.9 Å². The van der Waals surface area contributed by atoms with Crippen LogP contribution in [0.5, 0.6) is 11.6 Å². The molecule has 0 saturated heterocycles. The van der Waals surface area contributed by atoms with Gasteiger partial charge in [0.05, 0.1) is 6.07 Å². The van der Waals surface area contributed by atoms with E-state index in [1.54, 1.807) is 0 Å². The Labute approximate surface area is 142 Å². The maximum Gasteiger partial charge on any atom is 0.490 e. The fourth-order valence-electron chi connectivity index (χ4n) is 1.76. The Morgan fingerprint density at radius 1 is 1.08 bits per heavy atom. The Morgan fingerprint density at radius 3 is 2.35 bits per heavy atom. The first-order valence-corrected chi connectivity index (χ1v) is 6.78. The summed E-state index contributed by atoms with van der Waals surface area (Å²) in [7, 11) is 0. The molecule has 2 rings (SSSR count). The molecule has 0 radical (unpaired) electrons. The molecule has 0 unspecified atom stereocenters. The standard InChI is InChI=1S/C15H9F6NO4/c16-14(17,18)10-4-5-12(22(24)7-10)26-11-3-1-2-9(6-11)8-25-13(23)15(19,20)21/h1-7H,8H2. The van der Waals surface area contributed by atoms with Gasteiger partial charge in [0, 0.05) is 0 Å². The summed E-state index contributed by atoms with van der Waals surface area (Å²) in [5.74, 6) is -2.90. The number of aromatic nitrogens is 1. The van der Waals surface area contributed by atoms with E-state index in [9.17, 15) is 36.3 Å². The van der Waals surface area contributed by atoms with Crippen LogP contribution in [0.2, 0.25) is 0 Å². The predicted molar refractivity (Wildman–Crippen MR) is 72.8 cm³/mol. The van der Waals surface area contributed by atoms with Crippen molar-refractivity contribution in [1.29, 1.82) is 0 Å². The average Bonchev–Trinajstić information content (AvgIpc) is 2.53. The SMILES string of the molecule is O=C(OCc1cccc(Oc2ccc(C(F)(F)F)c[n+]2[O-])c1)C(F)(F)F. The third-order valence-electron chi connectivity index (χ3n) is 2.93. The lowest BCUT2D eigenvalue weighted by Gasteiger charge is -2.10. The molecule has 0 amide bonds. The van der Waals surface area contributed by atoms with Gasteiger partial charge in [-0.05, 0) is 23.8 Å². The fourth-order valence-corrected chi connectivity index (χ4v) is 1.76. The van der Waals surface area contributed by atoms with Gasteiger partial charge in [-0.15, -0.1) is 4.73 Å². The molecule has 1 heterocycles. The molecule has 140 valence electrons. The van der Waals surface area contributed by atoms with Crippen molar-refractivity contribution in [3.8, 4) is 11.6 Å². The van der Waals surface area contributed by atoms with Crippen LogP contribution in [0.25, 0.3) is 0 Å². The molecule has 1 aromatic carbocycles. The summed E-state index contributed by atoms with van der Waals surface area (Å²) >= 11 is 0. The van der Waals surface area contributed by atoms with E-state index in [2.05, 4.69) is 4.74 Å². The van der Waals surface area contributed by atoms with Crippen LogP contribution in [0.3, 0.4) is 0 Å². The Hall–Kier alpha value is -2.98. The van der Waals surface area contributed by atoms with Gasteiger partial charge in [0.25, 0.3) is 0 Å². The van der Waals surface area contributed by atoms with Crippen LogP contribution in [-0.4, -0.2) is 12.1 Å². The van der Waals surface area contributed by atoms with E-state index < -0.39 is 36.4 Å². The molecule has 0 aliphatic rings. The van der Waals surface area contributed by atoms with E-state index in [4.69, 9.17) is 4.74 Å². The van der Waals surface area contributed by atoms with Crippen molar-refractivity contribution < 1.29 is 45.3 Å². The summed E-state index contributed by atoms with van der Waals surface area (Å²) in [6.45, 7) is -0.708. The highest BCUT2D eigenvalue weighted by atomic mass is 19.4. The first kappa shape index (κ1) is 19.3. The van der Waals surface area contributed by atoms with E-state index in [1.165, 1.54) is 24.3 Å². The minimum absolute atomic E-state index is 0.0464. The van der Waals surface area contributed by atoms with Gasteiger partial charge in [-0.2, -0.15) is 26.3 Å². The van der Waals surface area contributed by atoms with Crippen LogP contribution >= 0.6 is 0 Å². The quantitative estimate of drug-likeness (QED) is 0.350. The predicted octanol–water partition coefficient (Wildman–Crippen LogP) is 3.74. The molecule has 5 nitrogen and oxygen atoms in total. The molecule has 2 aromatic rings. The third kappa shape index (κ3) is 5.01. The van der Waals surface area contributed by atoms with E-state index >= 15 is 0 Å². The largest absolute Gasteiger partial charge is 0.616 e. The summed E-state index contributed by atoms with van der Waals surface area (Å²) in [6.07, 6.45) is -9.56. The molecular weight excluding hydrogens is 372 g/mol. The first-order chi connectivity index (χ1) is 12.0. The minimum atomic E-state index is -5.14. The molecule has 26 heavy (non-hydrogen) atoms. The number of rotatable bonds is 4. The van der Waals surface area contributed by atoms with Crippen molar-refractivity contribution in [2.24, 2.45) is 0 Å². The maximum atomic E-state index is 12.5. The number of esters is 1. The number of halogens is 6. The van der Waals surface area contributed by atoms with E-state index in [1.807, 2.05) is 0 Å². The second-order valence-corrected chi connectivity index (χ2v) is 4.90. The molecule has 0 atom stereocenters. The monoisotopic (exact) mass is 381 g/mol. The van der Waals surface area contributed by atoms with Crippen LogP contribution in [0, 0.1) is 5.21 Å². The zero-order valence-corrected chi connectivity index (χ0v) is 12.6. The molecule has 0 bridgehead atoms. The van der Waals surface area contributed by atoms with Gasteiger partial charge in [0.2, 0.25) is 0 Å². The van der Waals surface area contributed by atoms with Crippen LogP contribution in [0.1, 0.15) is 11.1 Å². The van der Waals surface area contributed by atoms with Crippen LogP contribution in [0.15, 0.2) is 42.6 Å². The van der Waals surface area contributed by atoms with Crippen molar-refractivity contribution in [2.75, 3.05) is 0 Å². The molecule has 0 saturated carbocycles. The van der Waals surface area contributed by atoms with E-state index in [0.717, 1.165) is 6.07 Å². The Balaban J connectivity index is 2.10. The fraction of sp³-hybridized carbons (Fsp3) is 0.200. The van der Waals surface area contributed by atoms with Gasteiger partial charge in [0.1, 0.15) is 17.9 Å².